The van der Waals surface area contributed by atoms with E-state index in [1.165, 1.54) is 0 Å². The number of esters is 1. The van der Waals surface area contributed by atoms with Crippen molar-refractivity contribution in [3.05, 3.63) is 0 Å². The number of carbonyl (C=O) groups excluding carboxylic acids is 1. The summed E-state index contributed by atoms with van der Waals surface area (Å²) in [5.74, 6) is -0.215. The zero-order valence-corrected chi connectivity index (χ0v) is 12.2. The van der Waals surface area contributed by atoms with E-state index in [9.17, 15) is 4.79 Å². The maximum Gasteiger partial charge on any atom is 0.313 e. The first kappa shape index (κ1) is 15.4. The summed E-state index contributed by atoms with van der Waals surface area (Å²) in [5.41, 5.74) is -0.766. The molecule has 1 aliphatic rings. The summed E-state index contributed by atoms with van der Waals surface area (Å²) in [4.78, 5) is 11.9. The summed E-state index contributed by atoms with van der Waals surface area (Å²) in [6.07, 6.45) is 1.98. The largest absolute Gasteiger partial charge is 0.462 e. The van der Waals surface area contributed by atoms with Crippen molar-refractivity contribution in [3.8, 4) is 0 Å². The highest BCUT2D eigenvalue weighted by Gasteiger charge is 2.34. The van der Waals surface area contributed by atoms with E-state index in [-0.39, 0.29) is 17.7 Å². The molecule has 1 rings (SSSR count). The molecule has 1 aliphatic heterocycles. The predicted molar refractivity (Wildman–Crippen MR) is 69.4 cm³/mol. The van der Waals surface area contributed by atoms with Crippen molar-refractivity contribution in [2.45, 2.75) is 59.2 Å². The van der Waals surface area contributed by atoms with Gasteiger partial charge in [0.05, 0.1) is 24.2 Å². The van der Waals surface area contributed by atoms with Gasteiger partial charge in [-0.1, -0.05) is 13.8 Å². The van der Waals surface area contributed by atoms with Crippen molar-refractivity contribution >= 4 is 5.97 Å². The van der Waals surface area contributed by atoms with Crippen LogP contribution in [0.15, 0.2) is 0 Å². The highest BCUT2D eigenvalue weighted by molar-refractivity contribution is 5.76. The lowest BCUT2D eigenvalue weighted by Gasteiger charge is -2.32. The molecular formula is C14H26O4. The van der Waals surface area contributed by atoms with Gasteiger partial charge in [-0.25, -0.2) is 0 Å². The Morgan fingerprint density at radius 1 is 1.28 bits per heavy atom. The lowest BCUT2D eigenvalue weighted by atomic mass is 9.93. The topological polar surface area (TPSA) is 48.1 Å². The van der Waals surface area contributed by atoms with Crippen LogP contribution in [0.3, 0.4) is 0 Å². The van der Waals surface area contributed by atoms with E-state index in [1.807, 2.05) is 13.8 Å². The number of ether oxygens (including phenoxy) is 3. The van der Waals surface area contributed by atoms with Gasteiger partial charge in [0.1, 0.15) is 12.7 Å². The maximum atomic E-state index is 11.9. The Morgan fingerprint density at radius 2 is 1.83 bits per heavy atom. The zero-order chi connectivity index (χ0) is 13.8. The molecule has 0 amide bonds. The molecule has 1 saturated heterocycles. The molecule has 4 nitrogen and oxygen atoms in total. The van der Waals surface area contributed by atoms with Gasteiger partial charge >= 0.3 is 5.97 Å². The van der Waals surface area contributed by atoms with Crippen LogP contribution in [0.1, 0.15) is 47.5 Å². The minimum absolute atomic E-state index is 0.113. The summed E-state index contributed by atoms with van der Waals surface area (Å²) in [5, 5.41) is 0. The van der Waals surface area contributed by atoms with Gasteiger partial charge in [-0.3, -0.25) is 4.79 Å². The first-order chi connectivity index (χ1) is 8.33. The molecule has 0 aromatic rings. The van der Waals surface area contributed by atoms with Crippen LogP contribution in [0.4, 0.5) is 0 Å². The standard InChI is InChI=1S/C14H26O4/c1-6-14(5,7-2)18-10-13(3,4)12(15)17-9-11-8-16-11/h11H,6-10H2,1-5H3. The van der Waals surface area contributed by atoms with Crippen LogP contribution < -0.4 is 0 Å². The van der Waals surface area contributed by atoms with Crippen LogP contribution in [0.2, 0.25) is 0 Å². The number of epoxide rings is 1. The second-order valence-electron chi connectivity index (χ2n) is 5.88. The van der Waals surface area contributed by atoms with Crippen LogP contribution in [0, 0.1) is 5.41 Å². The number of rotatable bonds is 8. The van der Waals surface area contributed by atoms with Gasteiger partial charge in [-0.05, 0) is 33.6 Å². The van der Waals surface area contributed by atoms with E-state index in [0.717, 1.165) is 12.8 Å². The molecule has 0 saturated carbocycles. The Morgan fingerprint density at radius 3 is 2.28 bits per heavy atom. The molecule has 0 spiro atoms. The average molecular weight is 258 g/mol. The molecule has 1 heterocycles. The summed E-state index contributed by atoms with van der Waals surface area (Å²) >= 11 is 0. The number of carbonyl (C=O) groups is 1. The quantitative estimate of drug-likeness (QED) is 0.496. The summed E-state index contributed by atoms with van der Waals surface area (Å²) in [7, 11) is 0. The van der Waals surface area contributed by atoms with E-state index in [2.05, 4.69) is 20.8 Å². The summed E-state index contributed by atoms with van der Waals surface area (Å²) in [6, 6.07) is 0. The van der Waals surface area contributed by atoms with Crippen LogP contribution >= 0.6 is 0 Å². The Bertz CT molecular complexity index is 278. The van der Waals surface area contributed by atoms with E-state index in [1.54, 1.807) is 0 Å². The molecule has 1 fully saturated rings. The first-order valence-electron chi connectivity index (χ1n) is 6.76. The van der Waals surface area contributed by atoms with E-state index >= 15 is 0 Å². The second-order valence-corrected chi connectivity index (χ2v) is 5.88. The van der Waals surface area contributed by atoms with Gasteiger partial charge in [0.15, 0.2) is 0 Å². The minimum Gasteiger partial charge on any atom is -0.462 e. The third-order valence-corrected chi connectivity index (χ3v) is 3.63. The van der Waals surface area contributed by atoms with Gasteiger partial charge in [-0.2, -0.15) is 0 Å². The lowest BCUT2D eigenvalue weighted by Crippen LogP contribution is -2.37. The summed E-state index contributed by atoms with van der Waals surface area (Å²) in [6.45, 7) is 11.4. The molecule has 4 heteroatoms. The van der Waals surface area contributed by atoms with Crippen molar-refractivity contribution < 1.29 is 19.0 Å². The fraction of sp³-hybridized carbons (Fsp3) is 0.929. The SMILES string of the molecule is CCC(C)(CC)OCC(C)(C)C(=O)OCC1CO1. The van der Waals surface area contributed by atoms with E-state index in [4.69, 9.17) is 14.2 Å². The number of hydrogen-bond acceptors (Lipinski definition) is 4. The normalized spacial score (nSPS) is 19.7. The minimum atomic E-state index is -0.611. The highest BCUT2D eigenvalue weighted by Crippen LogP contribution is 2.26. The van der Waals surface area contributed by atoms with Crippen molar-refractivity contribution in [2.24, 2.45) is 5.41 Å². The van der Waals surface area contributed by atoms with Gasteiger partial charge in [0, 0.05) is 0 Å². The second kappa shape index (κ2) is 6.02. The molecule has 1 unspecified atom stereocenters. The van der Waals surface area contributed by atoms with Crippen LogP contribution in [-0.2, 0) is 19.0 Å². The molecule has 0 aromatic carbocycles. The Balaban J connectivity index is 2.38. The molecule has 0 aromatic heterocycles. The van der Waals surface area contributed by atoms with Crippen LogP contribution in [-0.4, -0.2) is 37.5 Å². The Labute approximate surface area is 110 Å². The van der Waals surface area contributed by atoms with E-state index < -0.39 is 5.41 Å². The fourth-order valence-corrected chi connectivity index (χ4v) is 1.40. The fourth-order valence-electron chi connectivity index (χ4n) is 1.40. The van der Waals surface area contributed by atoms with E-state index in [0.29, 0.717) is 19.8 Å². The third-order valence-electron chi connectivity index (χ3n) is 3.63. The smallest absolute Gasteiger partial charge is 0.313 e. The molecule has 106 valence electrons. The maximum absolute atomic E-state index is 11.9. The Hall–Kier alpha value is -0.610. The van der Waals surface area contributed by atoms with Gasteiger partial charge < -0.3 is 14.2 Å². The third kappa shape index (κ3) is 4.58. The number of hydrogen-bond donors (Lipinski definition) is 0. The first-order valence-corrected chi connectivity index (χ1v) is 6.76. The summed E-state index contributed by atoms with van der Waals surface area (Å²) < 4.78 is 16.1. The van der Waals surface area contributed by atoms with Crippen LogP contribution in [0.5, 0.6) is 0 Å². The van der Waals surface area contributed by atoms with Crippen molar-refractivity contribution in [1.82, 2.24) is 0 Å². The molecule has 0 radical (unpaired) electrons. The molecule has 1 atom stereocenters. The molecular weight excluding hydrogens is 232 g/mol. The molecule has 0 bridgehead atoms. The molecule has 0 N–H and O–H groups in total. The van der Waals surface area contributed by atoms with Gasteiger partial charge in [0.2, 0.25) is 0 Å². The average Bonchev–Trinajstić information content (AvgIpc) is 3.17. The van der Waals surface area contributed by atoms with Crippen LogP contribution in [0.25, 0.3) is 0 Å². The van der Waals surface area contributed by atoms with Gasteiger partial charge in [-0.15, -0.1) is 0 Å². The van der Waals surface area contributed by atoms with Crippen molar-refractivity contribution in [1.29, 1.82) is 0 Å². The monoisotopic (exact) mass is 258 g/mol. The molecule has 18 heavy (non-hydrogen) atoms. The highest BCUT2D eigenvalue weighted by atomic mass is 16.6. The molecule has 0 aliphatic carbocycles. The Kier molecular flexibility index (Phi) is 5.17. The van der Waals surface area contributed by atoms with Gasteiger partial charge in [0.25, 0.3) is 0 Å². The zero-order valence-electron chi connectivity index (χ0n) is 12.2. The van der Waals surface area contributed by atoms with Crippen molar-refractivity contribution in [2.75, 3.05) is 19.8 Å². The van der Waals surface area contributed by atoms with Crippen molar-refractivity contribution in [3.63, 3.8) is 0 Å². The lowest BCUT2D eigenvalue weighted by molar-refractivity contribution is -0.162. The predicted octanol–water partition coefficient (Wildman–Crippen LogP) is 2.55.